The molecule has 90 valence electrons. The van der Waals surface area contributed by atoms with E-state index in [1.807, 2.05) is 6.92 Å². The Hall–Kier alpha value is -1.84. The summed E-state index contributed by atoms with van der Waals surface area (Å²) in [5.41, 5.74) is 13.2. The summed E-state index contributed by atoms with van der Waals surface area (Å²) in [6.07, 6.45) is 3.01. The van der Waals surface area contributed by atoms with Crippen LogP contribution in [0.1, 0.15) is 44.7 Å². The Morgan fingerprint density at radius 2 is 1.88 bits per heavy atom. The predicted molar refractivity (Wildman–Crippen MR) is 64.6 cm³/mol. The van der Waals surface area contributed by atoms with Crippen molar-refractivity contribution in [2.45, 2.75) is 26.2 Å². The number of aryl methyl sites for hydroxylation is 1. The predicted octanol–water partition coefficient (Wildman–Crippen LogP) is 1.15. The molecule has 1 saturated carbocycles. The Balaban J connectivity index is 2.56. The van der Waals surface area contributed by atoms with Crippen molar-refractivity contribution >= 4 is 11.8 Å². The van der Waals surface area contributed by atoms with Crippen LogP contribution < -0.4 is 11.5 Å². The lowest BCUT2D eigenvalue weighted by Gasteiger charge is -2.13. The van der Waals surface area contributed by atoms with E-state index in [0.717, 1.165) is 30.4 Å². The summed E-state index contributed by atoms with van der Waals surface area (Å²) < 4.78 is 0. The van der Waals surface area contributed by atoms with Crippen LogP contribution in [0.5, 0.6) is 0 Å². The molecule has 0 radical (unpaired) electrons. The first-order valence-corrected chi connectivity index (χ1v) is 5.72. The van der Waals surface area contributed by atoms with Gasteiger partial charge in [-0.3, -0.25) is 9.59 Å². The molecule has 0 saturated heterocycles. The van der Waals surface area contributed by atoms with Crippen LogP contribution in [-0.4, -0.2) is 11.8 Å². The van der Waals surface area contributed by atoms with Gasteiger partial charge < -0.3 is 11.5 Å². The van der Waals surface area contributed by atoms with Gasteiger partial charge in [-0.1, -0.05) is 6.07 Å². The van der Waals surface area contributed by atoms with Crippen molar-refractivity contribution in [3.8, 4) is 0 Å². The van der Waals surface area contributed by atoms with E-state index in [0.29, 0.717) is 17.0 Å². The first kappa shape index (κ1) is 11.6. The summed E-state index contributed by atoms with van der Waals surface area (Å²) in [4.78, 5) is 22.9. The zero-order chi connectivity index (χ0) is 12.6. The number of hydrogen-bond acceptors (Lipinski definition) is 2. The van der Waals surface area contributed by atoms with Gasteiger partial charge in [-0.2, -0.15) is 0 Å². The van der Waals surface area contributed by atoms with Gasteiger partial charge in [0, 0.05) is 11.1 Å². The summed E-state index contributed by atoms with van der Waals surface area (Å²) in [6.45, 7) is 1.82. The van der Waals surface area contributed by atoms with Crippen molar-refractivity contribution in [2.75, 3.05) is 0 Å². The number of primary amides is 2. The van der Waals surface area contributed by atoms with Gasteiger partial charge in [-0.25, -0.2) is 0 Å². The van der Waals surface area contributed by atoms with Gasteiger partial charge in [0.15, 0.2) is 0 Å². The molecule has 2 amide bonds. The summed E-state index contributed by atoms with van der Waals surface area (Å²) in [5, 5.41) is 0. The number of rotatable bonds is 4. The highest BCUT2D eigenvalue weighted by Gasteiger charge is 2.27. The van der Waals surface area contributed by atoms with Gasteiger partial charge in [0.1, 0.15) is 0 Å². The Labute approximate surface area is 100.0 Å². The number of amides is 2. The summed E-state index contributed by atoms with van der Waals surface area (Å²) in [6, 6.07) is 3.40. The molecule has 0 spiro atoms. The van der Waals surface area contributed by atoms with Crippen molar-refractivity contribution < 1.29 is 9.59 Å². The molecular weight excluding hydrogens is 216 g/mol. The summed E-state index contributed by atoms with van der Waals surface area (Å²) >= 11 is 0. The number of nitrogens with two attached hydrogens (primary N) is 2. The van der Waals surface area contributed by atoms with Gasteiger partial charge in [-0.05, 0) is 49.3 Å². The Kier molecular flexibility index (Phi) is 2.88. The van der Waals surface area contributed by atoms with E-state index in [4.69, 9.17) is 11.5 Å². The van der Waals surface area contributed by atoms with Crippen molar-refractivity contribution in [1.82, 2.24) is 0 Å². The Morgan fingerprint density at radius 1 is 1.24 bits per heavy atom. The molecule has 2 rings (SSSR count). The first-order chi connectivity index (χ1) is 8.00. The molecule has 1 aromatic carbocycles. The van der Waals surface area contributed by atoms with Crippen LogP contribution in [0.25, 0.3) is 0 Å². The minimum Gasteiger partial charge on any atom is -0.366 e. The smallest absolute Gasteiger partial charge is 0.249 e. The van der Waals surface area contributed by atoms with Crippen LogP contribution in [0.3, 0.4) is 0 Å². The van der Waals surface area contributed by atoms with Crippen molar-refractivity contribution in [3.63, 3.8) is 0 Å². The van der Waals surface area contributed by atoms with Gasteiger partial charge >= 0.3 is 0 Å². The third-order valence-corrected chi connectivity index (χ3v) is 3.22. The molecule has 0 heterocycles. The van der Waals surface area contributed by atoms with Crippen LogP contribution in [0, 0.1) is 12.8 Å². The second-order valence-electron chi connectivity index (χ2n) is 4.66. The highest BCUT2D eigenvalue weighted by Crippen LogP contribution is 2.35. The van der Waals surface area contributed by atoms with Crippen molar-refractivity contribution in [2.24, 2.45) is 17.4 Å². The molecule has 4 N–H and O–H groups in total. The van der Waals surface area contributed by atoms with Crippen LogP contribution in [0.4, 0.5) is 0 Å². The lowest BCUT2D eigenvalue weighted by molar-refractivity contribution is 0.0998. The first-order valence-electron chi connectivity index (χ1n) is 5.72. The molecule has 4 heteroatoms. The second-order valence-corrected chi connectivity index (χ2v) is 4.66. The van der Waals surface area contributed by atoms with E-state index < -0.39 is 11.8 Å². The molecule has 17 heavy (non-hydrogen) atoms. The van der Waals surface area contributed by atoms with Crippen molar-refractivity contribution in [3.05, 3.63) is 34.4 Å². The number of benzene rings is 1. The highest BCUT2D eigenvalue weighted by atomic mass is 16.1. The normalized spacial score (nSPS) is 14.6. The lowest BCUT2D eigenvalue weighted by Crippen LogP contribution is -2.21. The van der Waals surface area contributed by atoms with Crippen LogP contribution in [-0.2, 0) is 6.42 Å². The zero-order valence-electron chi connectivity index (χ0n) is 9.82. The fourth-order valence-corrected chi connectivity index (χ4v) is 2.16. The molecule has 0 aliphatic heterocycles. The maximum Gasteiger partial charge on any atom is 0.249 e. The quantitative estimate of drug-likeness (QED) is 0.815. The van der Waals surface area contributed by atoms with E-state index in [9.17, 15) is 9.59 Å². The van der Waals surface area contributed by atoms with E-state index in [1.54, 1.807) is 12.1 Å². The fourth-order valence-electron chi connectivity index (χ4n) is 2.16. The number of carbonyl (C=O) groups excluding carboxylic acids is 2. The van der Waals surface area contributed by atoms with Crippen LogP contribution in [0.2, 0.25) is 0 Å². The summed E-state index contributed by atoms with van der Waals surface area (Å²) in [5.74, 6) is -0.419. The molecule has 0 bridgehead atoms. The molecule has 0 unspecified atom stereocenters. The monoisotopic (exact) mass is 232 g/mol. The van der Waals surface area contributed by atoms with Crippen LogP contribution in [0.15, 0.2) is 12.1 Å². The average Bonchev–Trinajstić information content (AvgIpc) is 3.00. The molecule has 4 nitrogen and oxygen atoms in total. The minimum absolute atomic E-state index is 0.427. The minimum atomic E-state index is -0.497. The maximum atomic E-state index is 11.5. The molecular formula is C13H16N2O2. The number of carbonyl (C=O) groups is 2. The van der Waals surface area contributed by atoms with Gasteiger partial charge in [0.05, 0.1) is 0 Å². The standard InChI is InChI=1S/C13H16N2O2/c1-7-2-5-9(12(14)16)10(6-8-3-4-8)11(7)13(15)17/h2,5,8H,3-4,6H2,1H3,(H2,14,16)(H2,15,17). The van der Waals surface area contributed by atoms with E-state index in [1.165, 1.54) is 0 Å². The largest absolute Gasteiger partial charge is 0.366 e. The number of hydrogen-bond donors (Lipinski definition) is 2. The van der Waals surface area contributed by atoms with Gasteiger partial charge in [0.2, 0.25) is 11.8 Å². The van der Waals surface area contributed by atoms with Crippen LogP contribution >= 0.6 is 0 Å². The lowest BCUT2D eigenvalue weighted by atomic mass is 9.92. The molecule has 0 aromatic heterocycles. The molecule has 1 aliphatic carbocycles. The van der Waals surface area contributed by atoms with Gasteiger partial charge in [0.25, 0.3) is 0 Å². The van der Waals surface area contributed by atoms with E-state index >= 15 is 0 Å². The van der Waals surface area contributed by atoms with Crippen molar-refractivity contribution in [1.29, 1.82) is 0 Å². The Morgan fingerprint density at radius 3 is 2.35 bits per heavy atom. The topological polar surface area (TPSA) is 86.2 Å². The Bertz CT molecular complexity index is 490. The molecule has 1 fully saturated rings. The van der Waals surface area contributed by atoms with Gasteiger partial charge in [-0.15, -0.1) is 0 Å². The SMILES string of the molecule is Cc1ccc(C(N)=O)c(CC2CC2)c1C(N)=O. The fraction of sp³-hybridized carbons (Fsp3) is 0.385. The maximum absolute atomic E-state index is 11.5. The summed E-state index contributed by atoms with van der Waals surface area (Å²) in [7, 11) is 0. The third kappa shape index (κ3) is 2.30. The molecule has 1 aliphatic rings. The highest BCUT2D eigenvalue weighted by molar-refractivity contribution is 6.02. The van der Waals surface area contributed by atoms with E-state index in [-0.39, 0.29) is 0 Å². The zero-order valence-corrected chi connectivity index (χ0v) is 9.82. The third-order valence-electron chi connectivity index (χ3n) is 3.22. The van der Waals surface area contributed by atoms with E-state index in [2.05, 4.69) is 0 Å². The second kappa shape index (κ2) is 4.20. The molecule has 1 aromatic rings. The average molecular weight is 232 g/mol. The molecule has 0 atom stereocenters.